The van der Waals surface area contributed by atoms with Gasteiger partial charge in [0.15, 0.2) is 18.1 Å². The first kappa shape index (κ1) is 18.6. The molecule has 0 aliphatic carbocycles. The Morgan fingerprint density at radius 2 is 1.72 bits per heavy atom. The van der Waals surface area contributed by atoms with E-state index in [9.17, 15) is 4.79 Å². The number of amides is 1. The van der Waals surface area contributed by atoms with Gasteiger partial charge in [-0.25, -0.2) is 0 Å². The fraction of sp³-hybridized carbons (Fsp3) is 0.350. The van der Waals surface area contributed by atoms with Gasteiger partial charge in [-0.3, -0.25) is 4.79 Å². The van der Waals surface area contributed by atoms with Gasteiger partial charge in [0.2, 0.25) is 0 Å². The number of methoxy groups -OCH3 is 1. The lowest BCUT2D eigenvalue weighted by Gasteiger charge is -2.27. The van der Waals surface area contributed by atoms with Crippen molar-refractivity contribution in [3.8, 4) is 11.5 Å². The minimum Gasteiger partial charge on any atom is -0.493 e. The SMILES string of the molecule is CCN(c1ccc(NC(=O)COc2ccccc2OC)cc1)C(C)C. The summed E-state index contributed by atoms with van der Waals surface area (Å²) in [6.07, 6.45) is 0. The van der Waals surface area contributed by atoms with Crippen molar-refractivity contribution >= 4 is 17.3 Å². The van der Waals surface area contributed by atoms with E-state index in [1.54, 1.807) is 19.2 Å². The smallest absolute Gasteiger partial charge is 0.262 e. The van der Waals surface area contributed by atoms with Gasteiger partial charge in [0.25, 0.3) is 5.91 Å². The molecule has 0 radical (unpaired) electrons. The number of benzene rings is 2. The second kappa shape index (κ2) is 8.97. The zero-order valence-electron chi connectivity index (χ0n) is 15.3. The van der Waals surface area contributed by atoms with Crippen molar-refractivity contribution in [2.45, 2.75) is 26.8 Å². The number of hydrogen-bond donors (Lipinski definition) is 1. The van der Waals surface area contributed by atoms with E-state index in [-0.39, 0.29) is 12.5 Å². The first-order valence-corrected chi connectivity index (χ1v) is 8.47. The Morgan fingerprint density at radius 1 is 1.08 bits per heavy atom. The van der Waals surface area contributed by atoms with Crippen LogP contribution >= 0.6 is 0 Å². The molecule has 0 atom stereocenters. The summed E-state index contributed by atoms with van der Waals surface area (Å²) < 4.78 is 10.7. The molecule has 0 bridgehead atoms. The number of anilines is 2. The lowest BCUT2D eigenvalue weighted by molar-refractivity contribution is -0.118. The fourth-order valence-corrected chi connectivity index (χ4v) is 2.66. The third kappa shape index (κ3) is 5.14. The minimum absolute atomic E-state index is 0.0742. The Labute approximate surface area is 149 Å². The summed E-state index contributed by atoms with van der Waals surface area (Å²) in [7, 11) is 1.57. The maximum absolute atomic E-state index is 12.1. The van der Waals surface area contributed by atoms with Crippen LogP contribution in [0, 0.1) is 0 Å². The average Bonchev–Trinajstić information content (AvgIpc) is 2.62. The van der Waals surface area contributed by atoms with Gasteiger partial charge < -0.3 is 19.7 Å². The van der Waals surface area contributed by atoms with Crippen LogP contribution in [0.25, 0.3) is 0 Å². The number of para-hydroxylation sites is 2. The molecular formula is C20H26N2O3. The van der Waals surface area contributed by atoms with Gasteiger partial charge in [-0.15, -0.1) is 0 Å². The summed E-state index contributed by atoms with van der Waals surface area (Å²) in [5.74, 6) is 0.939. The normalized spacial score (nSPS) is 10.4. The van der Waals surface area contributed by atoms with E-state index in [4.69, 9.17) is 9.47 Å². The lowest BCUT2D eigenvalue weighted by Crippen LogP contribution is -2.30. The second-order valence-corrected chi connectivity index (χ2v) is 5.91. The molecule has 5 nitrogen and oxygen atoms in total. The predicted molar refractivity (Wildman–Crippen MR) is 102 cm³/mol. The largest absolute Gasteiger partial charge is 0.493 e. The van der Waals surface area contributed by atoms with Crippen molar-refractivity contribution in [2.75, 3.05) is 30.5 Å². The van der Waals surface area contributed by atoms with Gasteiger partial charge in [0, 0.05) is 24.0 Å². The van der Waals surface area contributed by atoms with Crippen molar-refractivity contribution in [3.63, 3.8) is 0 Å². The van der Waals surface area contributed by atoms with Gasteiger partial charge in [0.05, 0.1) is 7.11 Å². The summed E-state index contributed by atoms with van der Waals surface area (Å²) in [4.78, 5) is 14.4. The number of ether oxygens (including phenoxy) is 2. The van der Waals surface area contributed by atoms with Crippen LogP contribution in [-0.2, 0) is 4.79 Å². The van der Waals surface area contributed by atoms with Crippen LogP contribution in [0.5, 0.6) is 11.5 Å². The molecule has 0 aliphatic rings. The van der Waals surface area contributed by atoms with Crippen LogP contribution < -0.4 is 19.7 Å². The van der Waals surface area contributed by atoms with Crippen molar-refractivity contribution in [1.29, 1.82) is 0 Å². The first-order chi connectivity index (χ1) is 12.0. The topological polar surface area (TPSA) is 50.8 Å². The summed E-state index contributed by atoms with van der Waals surface area (Å²) in [5, 5.41) is 2.84. The van der Waals surface area contributed by atoms with Gasteiger partial charge in [-0.05, 0) is 57.2 Å². The maximum atomic E-state index is 12.1. The molecular weight excluding hydrogens is 316 g/mol. The average molecular weight is 342 g/mol. The van der Waals surface area contributed by atoms with E-state index >= 15 is 0 Å². The zero-order chi connectivity index (χ0) is 18.2. The molecule has 1 N–H and O–H groups in total. The van der Waals surface area contributed by atoms with Crippen molar-refractivity contribution in [3.05, 3.63) is 48.5 Å². The summed E-state index contributed by atoms with van der Waals surface area (Å²) in [6, 6.07) is 15.5. The van der Waals surface area contributed by atoms with E-state index < -0.39 is 0 Å². The van der Waals surface area contributed by atoms with Gasteiger partial charge in [0.1, 0.15) is 0 Å². The predicted octanol–water partition coefficient (Wildman–Crippen LogP) is 3.95. The Balaban J connectivity index is 1.92. The van der Waals surface area contributed by atoms with E-state index in [1.165, 1.54) is 0 Å². The fourth-order valence-electron chi connectivity index (χ4n) is 2.66. The Kier molecular flexibility index (Phi) is 6.69. The summed E-state index contributed by atoms with van der Waals surface area (Å²) in [6.45, 7) is 7.32. The van der Waals surface area contributed by atoms with Gasteiger partial charge >= 0.3 is 0 Å². The van der Waals surface area contributed by atoms with Crippen LogP contribution in [0.2, 0.25) is 0 Å². The molecule has 2 aromatic carbocycles. The summed E-state index contributed by atoms with van der Waals surface area (Å²) in [5.41, 5.74) is 1.89. The molecule has 0 aliphatic heterocycles. The van der Waals surface area contributed by atoms with Crippen LogP contribution in [-0.4, -0.2) is 32.2 Å². The molecule has 134 valence electrons. The molecule has 1 amide bonds. The molecule has 2 rings (SSSR count). The van der Waals surface area contributed by atoms with Crippen LogP contribution in [0.3, 0.4) is 0 Å². The monoisotopic (exact) mass is 342 g/mol. The second-order valence-electron chi connectivity index (χ2n) is 5.91. The van der Waals surface area contributed by atoms with Crippen molar-refractivity contribution in [2.24, 2.45) is 0 Å². The number of hydrogen-bond acceptors (Lipinski definition) is 4. The molecule has 2 aromatic rings. The number of rotatable bonds is 8. The molecule has 0 saturated heterocycles. The van der Waals surface area contributed by atoms with E-state index in [0.717, 1.165) is 17.9 Å². The highest BCUT2D eigenvalue weighted by Gasteiger charge is 2.10. The molecule has 0 aromatic heterocycles. The van der Waals surface area contributed by atoms with Crippen LogP contribution in [0.1, 0.15) is 20.8 Å². The Bertz CT molecular complexity index is 684. The van der Waals surface area contributed by atoms with Crippen LogP contribution in [0.4, 0.5) is 11.4 Å². The van der Waals surface area contributed by atoms with Crippen molar-refractivity contribution < 1.29 is 14.3 Å². The highest BCUT2D eigenvalue weighted by molar-refractivity contribution is 5.92. The lowest BCUT2D eigenvalue weighted by atomic mass is 10.2. The maximum Gasteiger partial charge on any atom is 0.262 e. The van der Waals surface area contributed by atoms with Gasteiger partial charge in [-0.1, -0.05) is 12.1 Å². The van der Waals surface area contributed by atoms with Crippen molar-refractivity contribution in [1.82, 2.24) is 0 Å². The molecule has 0 fully saturated rings. The third-order valence-electron chi connectivity index (χ3n) is 3.87. The van der Waals surface area contributed by atoms with Gasteiger partial charge in [-0.2, -0.15) is 0 Å². The quantitative estimate of drug-likeness (QED) is 0.789. The molecule has 0 unspecified atom stereocenters. The zero-order valence-corrected chi connectivity index (χ0v) is 15.3. The third-order valence-corrected chi connectivity index (χ3v) is 3.87. The van der Waals surface area contributed by atoms with E-state index in [0.29, 0.717) is 17.5 Å². The molecule has 0 heterocycles. The number of nitrogens with zero attached hydrogens (tertiary/aromatic N) is 1. The van der Waals surface area contributed by atoms with E-state index in [2.05, 4.69) is 31.0 Å². The molecule has 5 heteroatoms. The molecule has 25 heavy (non-hydrogen) atoms. The molecule has 0 spiro atoms. The Hall–Kier alpha value is -2.69. The highest BCUT2D eigenvalue weighted by Crippen LogP contribution is 2.25. The number of carbonyl (C=O) groups is 1. The van der Waals surface area contributed by atoms with Crippen LogP contribution in [0.15, 0.2) is 48.5 Å². The Morgan fingerprint density at radius 3 is 2.28 bits per heavy atom. The first-order valence-electron chi connectivity index (χ1n) is 8.47. The minimum atomic E-state index is -0.213. The van der Waals surface area contributed by atoms with E-state index in [1.807, 2.05) is 36.4 Å². The number of carbonyl (C=O) groups excluding carboxylic acids is 1. The standard InChI is InChI=1S/C20H26N2O3/c1-5-22(15(2)3)17-12-10-16(11-13-17)21-20(23)14-25-19-9-7-6-8-18(19)24-4/h6-13,15H,5,14H2,1-4H3,(H,21,23). The summed E-state index contributed by atoms with van der Waals surface area (Å²) >= 11 is 0. The highest BCUT2D eigenvalue weighted by atomic mass is 16.5. The number of nitrogens with one attached hydrogen (secondary N) is 1. The molecule has 0 saturated carbocycles.